The Kier molecular flexibility index (Phi) is 6.04. The molecule has 0 spiro atoms. The monoisotopic (exact) mass is 348 g/mol. The minimum absolute atomic E-state index is 0.0361. The number of carbonyl (C=O) groups excluding carboxylic acids is 1. The van der Waals surface area contributed by atoms with Crippen molar-refractivity contribution in [2.75, 3.05) is 19.7 Å². The van der Waals surface area contributed by atoms with E-state index >= 15 is 0 Å². The summed E-state index contributed by atoms with van der Waals surface area (Å²) in [5.74, 6) is -0.140. The highest BCUT2D eigenvalue weighted by Gasteiger charge is 2.30. The Morgan fingerprint density at radius 2 is 1.73 bits per heavy atom. The number of hydrogen-bond donors (Lipinski definition) is 0. The van der Waals surface area contributed by atoms with E-state index in [-0.39, 0.29) is 17.9 Å². The largest absolute Gasteiger partial charge is 0.466 e. The molecule has 26 heavy (non-hydrogen) atoms. The maximum absolute atomic E-state index is 11.9. The predicted octanol–water partition coefficient (Wildman–Crippen LogP) is 4.19. The molecule has 0 aromatic heterocycles. The zero-order valence-electron chi connectivity index (χ0n) is 15.1. The second kappa shape index (κ2) is 8.64. The molecule has 1 heterocycles. The Balaban J connectivity index is 1.66. The molecule has 0 N–H and O–H groups in total. The van der Waals surface area contributed by atoms with Crippen molar-refractivity contribution in [2.24, 2.45) is 5.92 Å². The van der Waals surface area contributed by atoms with Crippen molar-refractivity contribution < 1.29 is 9.53 Å². The molecule has 2 aromatic rings. The van der Waals surface area contributed by atoms with Crippen LogP contribution in [-0.4, -0.2) is 30.6 Å². The summed E-state index contributed by atoms with van der Waals surface area (Å²) in [6.07, 6.45) is 1.50. The van der Waals surface area contributed by atoms with E-state index in [2.05, 4.69) is 35.2 Å². The minimum atomic E-state index is -0.275. The van der Waals surface area contributed by atoms with E-state index in [0.29, 0.717) is 6.61 Å². The topological polar surface area (TPSA) is 53.3 Å². The van der Waals surface area contributed by atoms with Crippen LogP contribution in [0.2, 0.25) is 0 Å². The number of hydrogen-bond acceptors (Lipinski definition) is 4. The molecule has 1 fully saturated rings. The van der Waals surface area contributed by atoms with Gasteiger partial charge in [-0.3, -0.25) is 9.69 Å². The fourth-order valence-corrected chi connectivity index (χ4v) is 3.51. The molecule has 3 rings (SSSR count). The fourth-order valence-electron chi connectivity index (χ4n) is 3.51. The minimum Gasteiger partial charge on any atom is -0.466 e. The third-order valence-electron chi connectivity index (χ3n) is 4.97. The highest BCUT2D eigenvalue weighted by Crippen LogP contribution is 2.29. The summed E-state index contributed by atoms with van der Waals surface area (Å²) in [7, 11) is 0. The van der Waals surface area contributed by atoms with Gasteiger partial charge in [-0.25, -0.2) is 0 Å². The van der Waals surface area contributed by atoms with Crippen LogP contribution in [0.25, 0.3) is 11.1 Å². The van der Waals surface area contributed by atoms with E-state index in [1.54, 1.807) is 0 Å². The van der Waals surface area contributed by atoms with E-state index in [1.807, 2.05) is 37.3 Å². The summed E-state index contributed by atoms with van der Waals surface area (Å²) in [4.78, 5) is 14.0. The normalized spacial score (nSPS) is 16.6. The first kappa shape index (κ1) is 18.2. The number of piperidine rings is 1. The van der Waals surface area contributed by atoms with Gasteiger partial charge in [-0.2, -0.15) is 5.26 Å². The van der Waals surface area contributed by atoms with Crippen molar-refractivity contribution >= 4 is 5.97 Å². The molecule has 1 saturated heterocycles. The first-order valence-corrected chi connectivity index (χ1v) is 9.18. The lowest BCUT2D eigenvalue weighted by atomic mass is 9.94. The van der Waals surface area contributed by atoms with Gasteiger partial charge in [0.25, 0.3) is 0 Å². The highest BCUT2D eigenvalue weighted by molar-refractivity contribution is 5.72. The van der Waals surface area contributed by atoms with Gasteiger partial charge in [-0.05, 0) is 36.5 Å². The van der Waals surface area contributed by atoms with E-state index in [1.165, 1.54) is 5.56 Å². The smallest absolute Gasteiger partial charge is 0.309 e. The van der Waals surface area contributed by atoms with Crippen LogP contribution in [0.15, 0.2) is 54.6 Å². The van der Waals surface area contributed by atoms with E-state index in [9.17, 15) is 10.1 Å². The van der Waals surface area contributed by atoms with Gasteiger partial charge in [0, 0.05) is 13.1 Å². The standard InChI is InChI=1S/C22H24N2O2/c1-2-26-22(25)20-12-14-24(15-13-20)21(16-23)19-10-8-18(9-11-19)17-6-4-3-5-7-17/h3-11,20-21H,2,12-15H2,1H3. The average molecular weight is 348 g/mol. The van der Waals surface area contributed by atoms with Crippen LogP contribution in [-0.2, 0) is 9.53 Å². The molecule has 1 unspecified atom stereocenters. The van der Waals surface area contributed by atoms with Crippen molar-refractivity contribution in [3.8, 4) is 17.2 Å². The maximum Gasteiger partial charge on any atom is 0.309 e. The Morgan fingerprint density at radius 3 is 2.31 bits per heavy atom. The zero-order valence-corrected chi connectivity index (χ0v) is 15.1. The van der Waals surface area contributed by atoms with E-state index in [4.69, 9.17) is 4.74 Å². The molecule has 0 bridgehead atoms. The first-order valence-electron chi connectivity index (χ1n) is 9.18. The van der Waals surface area contributed by atoms with Crippen LogP contribution in [0.3, 0.4) is 0 Å². The van der Waals surface area contributed by atoms with Crippen molar-refractivity contribution in [1.29, 1.82) is 5.26 Å². The molecule has 4 heteroatoms. The second-order valence-corrected chi connectivity index (χ2v) is 6.58. The van der Waals surface area contributed by atoms with Gasteiger partial charge in [0.15, 0.2) is 0 Å². The number of likely N-dealkylation sites (tertiary alicyclic amines) is 1. The first-order chi connectivity index (χ1) is 12.7. The third-order valence-corrected chi connectivity index (χ3v) is 4.97. The van der Waals surface area contributed by atoms with Crippen LogP contribution >= 0.6 is 0 Å². The SMILES string of the molecule is CCOC(=O)C1CCN(C(C#N)c2ccc(-c3ccccc3)cc2)CC1. The highest BCUT2D eigenvalue weighted by atomic mass is 16.5. The summed E-state index contributed by atoms with van der Waals surface area (Å²) in [5.41, 5.74) is 3.32. The molecule has 1 aliphatic heterocycles. The van der Waals surface area contributed by atoms with Crippen LogP contribution in [0.4, 0.5) is 0 Å². The molecule has 2 aromatic carbocycles. The van der Waals surface area contributed by atoms with Crippen molar-refractivity contribution in [3.63, 3.8) is 0 Å². The molecule has 1 aliphatic rings. The predicted molar refractivity (Wildman–Crippen MR) is 101 cm³/mol. The van der Waals surface area contributed by atoms with Crippen LogP contribution < -0.4 is 0 Å². The Labute approximate surface area is 155 Å². The molecular weight excluding hydrogens is 324 g/mol. The lowest BCUT2D eigenvalue weighted by Gasteiger charge is -2.33. The Bertz CT molecular complexity index is 757. The number of rotatable bonds is 5. The van der Waals surface area contributed by atoms with Gasteiger partial charge in [-0.1, -0.05) is 54.6 Å². The van der Waals surface area contributed by atoms with Crippen molar-refractivity contribution in [1.82, 2.24) is 4.90 Å². The van der Waals surface area contributed by atoms with Gasteiger partial charge in [0.2, 0.25) is 0 Å². The van der Waals surface area contributed by atoms with E-state index in [0.717, 1.165) is 37.1 Å². The quantitative estimate of drug-likeness (QED) is 0.760. The van der Waals surface area contributed by atoms with Crippen LogP contribution in [0.1, 0.15) is 31.4 Å². The molecule has 1 atom stereocenters. The summed E-state index contributed by atoms with van der Waals surface area (Å²) >= 11 is 0. The average Bonchev–Trinajstić information content (AvgIpc) is 2.70. The number of carbonyl (C=O) groups is 1. The number of nitrogens with zero attached hydrogens (tertiary/aromatic N) is 2. The van der Waals surface area contributed by atoms with Crippen molar-refractivity contribution in [3.05, 3.63) is 60.2 Å². The lowest BCUT2D eigenvalue weighted by molar-refractivity contribution is -0.149. The summed E-state index contributed by atoms with van der Waals surface area (Å²) in [5, 5.41) is 9.69. The third kappa shape index (κ3) is 4.12. The molecule has 0 amide bonds. The number of esters is 1. The molecule has 4 nitrogen and oxygen atoms in total. The molecule has 0 saturated carbocycles. The second-order valence-electron chi connectivity index (χ2n) is 6.58. The summed E-state index contributed by atoms with van der Waals surface area (Å²) in [6.45, 7) is 3.73. The fraction of sp³-hybridized carbons (Fsp3) is 0.364. The van der Waals surface area contributed by atoms with E-state index < -0.39 is 0 Å². The number of ether oxygens (including phenoxy) is 1. The Hall–Kier alpha value is -2.64. The number of nitriles is 1. The van der Waals surface area contributed by atoms with Crippen molar-refractivity contribution in [2.45, 2.75) is 25.8 Å². The van der Waals surface area contributed by atoms with Gasteiger partial charge >= 0.3 is 5.97 Å². The summed E-state index contributed by atoms with van der Waals surface area (Å²) < 4.78 is 5.12. The molecule has 0 radical (unpaired) electrons. The van der Waals surface area contributed by atoms with Gasteiger partial charge < -0.3 is 4.74 Å². The van der Waals surface area contributed by atoms with Gasteiger partial charge in [0.05, 0.1) is 18.6 Å². The van der Waals surface area contributed by atoms with Gasteiger partial charge in [0.1, 0.15) is 6.04 Å². The van der Waals surface area contributed by atoms with Gasteiger partial charge in [-0.15, -0.1) is 0 Å². The zero-order chi connectivity index (χ0) is 18.4. The van der Waals surface area contributed by atoms with Crippen LogP contribution in [0.5, 0.6) is 0 Å². The molecule has 0 aliphatic carbocycles. The molecule has 134 valence electrons. The summed E-state index contributed by atoms with van der Waals surface area (Å²) in [6, 6.07) is 20.6. The molecular formula is C22H24N2O2. The maximum atomic E-state index is 11.9. The number of benzene rings is 2. The lowest BCUT2D eigenvalue weighted by Crippen LogP contribution is -2.38. The van der Waals surface area contributed by atoms with Crippen LogP contribution in [0, 0.1) is 17.2 Å². The Morgan fingerprint density at radius 1 is 1.12 bits per heavy atom.